The van der Waals surface area contributed by atoms with E-state index in [9.17, 15) is 10.1 Å². The van der Waals surface area contributed by atoms with Crippen LogP contribution in [0.15, 0.2) is 12.3 Å². The number of nitrogens with zero attached hydrogens (tertiary/aromatic N) is 3. The molecule has 1 N–H and O–H groups in total. The number of hydrogen-bond donors (Lipinski definition) is 1. The van der Waals surface area contributed by atoms with Crippen molar-refractivity contribution in [1.82, 2.24) is 10.3 Å². The van der Waals surface area contributed by atoms with Gasteiger partial charge in [0.15, 0.2) is 0 Å². The lowest BCUT2D eigenvalue weighted by molar-refractivity contribution is -0.386. The molecule has 0 aromatic carbocycles. The first-order chi connectivity index (χ1) is 9.22. The molecule has 1 atom stereocenters. The summed E-state index contributed by atoms with van der Waals surface area (Å²) in [6.07, 6.45) is 3.26. The first-order valence-electron chi connectivity index (χ1n) is 6.09. The van der Waals surface area contributed by atoms with Crippen LogP contribution in [0, 0.1) is 27.4 Å². The van der Waals surface area contributed by atoms with Crippen LogP contribution in [0.5, 0.6) is 5.88 Å². The van der Waals surface area contributed by atoms with Crippen LogP contribution in [-0.4, -0.2) is 29.6 Å². The minimum Gasteiger partial charge on any atom is -0.473 e. The van der Waals surface area contributed by atoms with E-state index >= 15 is 0 Å². The van der Waals surface area contributed by atoms with Crippen molar-refractivity contribution < 1.29 is 9.66 Å². The number of pyridine rings is 1. The van der Waals surface area contributed by atoms with Crippen molar-refractivity contribution in [3.63, 3.8) is 0 Å². The van der Waals surface area contributed by atoms with E-state index in [4.69, 9.17) is 10.00 Å². The molecule has 0 radical (unpaired) electrons. The van der Waals surface area contributed by atoms with E-state index in [1.54, 1.807) is 6.07 Å². The zero-order valence-electron chi connectivity index (χ0n) is 10.3. The number of nitrogens with one attached hydrogen (secondary N) is 1. The van der Waals surface area contributed by atoms with Crippen molar-refractivity contribution in [2.45, 2.75) is 12.8 Å². The molecule has 100 valence electrons. The minimum atomic E-state index is -0.627. The molecule has 1 saturated heterocycles. The molecule has 1 fully saturated rings. The molecule has 2 rings (SSSR count). The van der Waals surface area contributed by atoms with Crippen LogP contribution in [0.1, 0.15) is 18.4 Å². The number of ether oxygens (including phenoxy) is 1. The highest BCUT2D eigenvalue weighted by Gasteiger charge is 2.23. The lowest BCUT2D eigenvalue weighted by Gasteiger charge is -2.09. The van der Waals surface area contributed by atoms with Gasteiger partial charge in [-0.2, -0.15) is 5.26 Å². The Morgan fingerprint density at radius 1 is 1.68 bits per heavy atom. The first-order valence-corrected chi connectivity index (χ1v) is 6.09. The maximum absolute atomic E-state index is 10.9. The summed E-state index contributed by atoms with van der Waals surface area (Å²) in [5, 5.41) is 23.0. The highest BCUT2D eigenvalue weighted by molar-refractivity contribution is 5.54. The second kappa shape index (κ2) is 6.11. The summed E-state index contributed by atoms with van der Waals surface area (Å²) >= 11 is 0. The fourth-order valence-corrected chi connectivity index (χ4v) is 2.09. The summed E-state index contributed by atoms with van der Waals surface area (Å²) in [5.74, 6) is 0.466. The van der Waals surface area contributed by atoms with Crippen LogP contribution in [0.2, 0.25) is 0 Å². The predicted molar refractivity (Wildman–Crippen MR) is 66.7 cm³/mol. The molecule has 1 aliphatic heterocycles. The Morgan fingerprint density at radius 2 is 2.53 bits per heavy atom. The molecule has 7 nitrogen and oxygen atoms in total. The summed E-state index contributed by atoms with van der Waals surface area (Å²) in [5.41, 5.74) is -0.382. The van der Waals surface area contributed by atoms with Gasteiger partial charge in [0.25, 0.3) is 5.88 Å². The lowest BCUT2D eigenvalue weighted by atomic mass is 10.1. The first kappa shape index (κ1) is 13.2. The maximum atomic E-state index is 10.9. The van der Waals surface area contributed by atoms with Gasteiger partial charge in [0.2, 0.25) is 0 Å². The van der Waals surface area contributed by atoms with Gasteiger partial charge in [0.05, 0.1) is 11.5 Å². The molecule has 0 amide bonds. The van der Waals surface area contributed by atoms with Crippen molar-refractivity contribution in [3.8, 4) is 11.9 Å². The van der Waals surface area contributed by atoms with Crippen LogP contribution >= 0.6 is 0 Å². The second-order valence-electron chi connectivity index (χ2n) is 4.38. The van der Waals surface area contributed by atoms with Crippen LogP contribution < -0.4 is 10.1 Å². The molecule has 1 aromatic rings. The van der Waals surface area contributed by atoms with Gasteiger partial charge in [-0.3, -0.25) is 10.1 Å². The Kier molecular flexibility index (Phi) is 4.26. The summed E-state index contributed by atoms with van der Waals surface area (Å²) in [7, 11) is 0. The molecule has 0 bridgehead atoms. The normalized spacial score (nSPS) is 17.9. The van der Waals surface area contributed by atoms with Crippen LogP contribution in [0.3, 0.4) is 0 Å². The van der Waals surface area contributed by atoms with Crippen molar-refractivity contribution in [2.75, 3.05) is 19.7 Å². The third-order valence-electron chi connectivity index (χ3n) is 3.12. The summed E-state index contributed by atoms with van der Waals surface area (Å²) in [6, 6.07) is 3.09. The van der Waals surface area contributed by atoms with E-state index in [-0.39, 0.29) is 17.1 Å². The summed E-state index contributed by atoms with van der Waals surface area (Å²) in [4.78, 5) is 14.2. The quantitative estimate of drug-likeness (QED) is 0.632. The smallest absolute Gasteiger partial charge is 0.348 e. The Morgan fingerprint density at radius 3 is 3.16 bits per heavy atom. The van der Waals surface area contributed by atoms with E-state index in [0.717, 1.165) is 25.9 Å². The van der Waals surface area contributed by atoms with Gasteiger partial charge in [-0.15, -0.1) is 0 Å². The van der Waals surface area contributed by atoms with Crippen molar-refractivity contribution in [1.29, 1.82) is 5.26 Å². The SMILES string of the molecule is N#Cc1ccnc(OCCC2CCNC2)c1[N+](=O)[O-]. The largest absolute Gasteiger partial charge is 0.473 e. The van der Waals surface area contributed by atoms with E-state index in [1.165, 1.54) is 12.3 Å². The molecule has 0 saturated carbocycles. The predicted octanol–water partition coefficient (Wildman–Crippen LogP) is 1.24. The van der Waals surface area contributed by atoms with Crippen molar-refractivity contribution >= 4 is 5.69 Å². The van der Waals surface area contributed by atoms with E-state index in [2.05, 4.69) is 10.3 Å². The third-order valence-corrected chi connectivity index (χ3v) is 3.12. The standard InChI is InChI=1S/C12H14N4O3/c13-7-10-2-5-15-12(11(10)16(17)18)19-6-3-9-1-4-14-8-9/h2,5,9,14H,1,3-4,6,8H2. The van der Waals surface area contributed by atoms with Gasteiger partial charge in [0, 0.05) is 6.20 Å². The van der Waals surface area contributed by atoms with Gasteiger partial charge >= 0.3 is 5.69 Å². The Bertz CT molecular complexity index is 506. The maximum Gasteiger partial charge on any atom is 0.348 e. The highest BCUT2D eigenvalue weighted by atomic mass is 16.6. The van der Waals surface area contributed by atoms with Crippen molar-refractivity contribution in [2.24, 2.45) is 5.92 Å². The van der Waals surface area contributed by atoms with Gasteiger partial charge in [-0.1, -0.05) is 0 Å². The van der Waals surface area contributed by atoms with Crippen LogP contribution in [0.4, 0.5) is 5.69 Å². The molecule has 1 aromatic heterocycles. The number of aromatic nitrogens is 1. The highest BCUT2D eigenvalue weighted by Crippen LogP contribution is 2.28. The minimum absolute atomic E-state index is 0.0301. The van der Waals surface area contributed by atoms with Crippen LogP contribution in [0.25, 0.3) is 0 Å². The van der Waals surface area contributed by atoms with E-state index in [0.29, 0.717) is 12.5 Å². The molecule has 1 unspecified atom stereocenters. The summed E-state index contributed by atoms with van der Waals surface area (Å²) < 4.78 is 5.37. The fourth-order valence-electron chi connectivity index (χ4n) is 2.09. The van der Waals surface area contributed by atoms with Gasteiger partial charge in [-0.25, -0.2) is 4.98 Å². The van der Waals surface area contributed by atoms with Gasteiger partial charge in [0.1, 0.15) is 11.6 Å². The van der Waals surface area contributed by atoms with Crippen LogP contribution in [-0.2, 0) is 0 Å². The zero-order valence-corrected chi connectivity index (χ0v) is 10.3. The van der Waals surface area contributed by atoms with Gasteiger partial charge < -0.3 is 10.1 Å². The summed E-state index contributed by atoms with van der Waals surface area (Å²) in [6.45, 7) is 2.33. The van der Waals surface area contributed by atoms with E-state index in [1.807, 2.05) is 0 Å². The number of hydrogen-bond acceptors (Lipinski definition) is 6. The number of nitriles is 1. The Hall–Kier alpha value is -2.20. The van der Waals surface area contributed by atoms with Crippen molar-refractivity contribution in [3.05, 3.63) is 27.9 Å². The molecule has 0 aliphatic carbocycles. The molecule has 1 aliphatic rings. The Labute approximate surface area is 110 Å². The molecule has 7 heteroatoms. The Balaban J connectivity index is 2.03. The molecule has 19 heavy (non-hydrogen) atoms. The molecular weight excluding hydrogens is 248 g/mol. The average Bonchev–Trinajstić information content (AvgIpc) is 2.91. The fraction of sp³-hybridized carbons (Fsp3) is 0.500. The van der Waals surface area contributed by atoms with Gasteiger partial charge in [-0.05, 0) is 37.9 Å². The molecule has 2 heterocycles. The van der Waals surface area contributed by atoms with E-state index < -0.39 is 4.92 Å². The lowest BCUT2D eigenvalue weighted by Crippen LogP contribution is -2.12. The third kappa shape index (κ3) is 3.17. The monoisotopic (exact) mass is 262 g/mol. The number of nitro groups is 1. The average molecular weight is 262 g/mol. The number of rotatable bonds is 5. The molecular formula is C12H14N4O3. The topological polar surface area (TPSA) is 101 Å². The second-order valence-corrected chi connectivity index (χ2v) is 4.38. The zero-order chi connectivity index (χ0) is 13.7. The molecule has 0 spiro atoms.